The third-order valence-electron chi connectivity index (χ3n) is 13.9. The Hall–Kier alpha value is -7.74. The second kappa shape index (κ2) is 14.4. The second-order valence-electron chi connectivity index (χ2n) is 17.6. The number of hydrogen-bond donors (Lipinski definition) is 0. The molecule has 0 spiro atoms. The zero-order chi connectivity index (χ0) is 42.1. The molecule has 0 amide bonds. The van der Waals surface area contributed by atoms with Gasteiger partial charge in [0.25, 0.3) is 0 Å². The number of anilines is 3. The first kappa shape index (κ1) is 37.1. The molecular weight excluding hydrogens is 759 g/mol. The molecule has 298 valence electrons. The lowest BCUT2D eigenvalue weighted by molar-refractivity contribution is 0.660. The molecule has 0 aliphatic heterocycles. The number of nitrogens with zero attached hydrogens (tertiary/aromatic N) is 1. The largest absolute Gasteiger partial charge is 0.309 e. The van der Waals surface area contributed by atoms with Gasteiger partial charge in [-0.25, -0.2) is 0 Å². The van der Waals surface area contributed by atoms with Crippen molar-refractivity contribution in [3.8, 4) is 44.5 Å². The molecule has 2 aliphatic rings. The normalized spacial score (nSPS) is 13.8. The maximum absolute atomic E-state index is 2.55. The van der Waals surface area contributed by atoms with Crippen molar-refractivity contribution >= 4 is 27.8 Å². The van der Waals surface area contributed by atoms with Crippen molar-refractivity contribution in [2.45, 2.75) is 24.7 Å². The number of fused-ring (bicyclic) bond motifs is 7. The molecule has 0 atom stereocenters. The van der Waals surface area contributed by atoms with Crippen molar-refractivity contribution in [1.29, 1.82) is 0 Å². The third-order valence-corrected chi connectivity index (χ3v) is 13.9. The lowest BCUT2D eigenvalue weighted by Crippen LogP contribution is -2.28. The van der Waals surface area contributed by atoms with Crippen molar-refractivity contribution in [1.82, 2.24) is 0 Å². The molecule has 0 saturated carbocycles. The lowest BCUT2D eigenvalue weighted by atomic mass is 9.68. The minimum atomic E-state index is -0.514. The lowest BCUT2D eigenvalue weighted by Gasteiger charge is -2.35. The van der Waals surface area contributed by atoms with E-state index in [1.54, 1.807) is 0 Å². The summed E-state index contributed by atoms with van der Waals surface area (Å²) in [6.07, 6.45) is 0. The van der Waals surface area contributed by atoms with Gasteiger partial charge < -0.3 is 4.90 Å². The van der Waals surface area contributed by atoms with E-state index in [1.807, 2.05) is 0 Å². The van der Waals surface area contributed by atoms with E-state index < -0.39 is 5.41 Å². The third kappa shape index (κ3) is 5.63. The van der Waals surface area contributed by atoms with Crippen LogP contribution in [0.5, 0.6) is 0 Å². The van der Waals surface area contributed by atoms with Crippen LogP contribution in [0.1, 0.15) is 47.2 Å². The van der Waals surface area contributed by atoms with Gasteiger partial charge in [0.1, 0.15) is 0 Å². The van der Waals surface area contributed by atoms with E-state index in [1.165, 1.54) is 88.7 Å². The first-order chi connectivity index (χ1) is 31.0. The van der Waals surface area contributed by atoms with Crippen molar-refractivity contribution in [2.75, 3.05) is 4.90 Å². The Bertz CT molecular complexity index is 3320. The smallest absolute Gasteiger partial charge is 0.0714 e. The molecule has 0 aromatic heterocycles. The standard InChI is InChI=1S/C62H45N/c1-61(2)56-40-46(45-34-33-42-19-12-13-22-44(42)39-45)35-37-51(56)52-38-36-49(41-57(52)61)63(58-31-17-15-27-50(58)43-20-6-3-7-21-43)59-32-18-30-55-60(59)53-28-14-16-29-54(53)62(55,47-23-8-4-9-24-47)48-25-10-5-11-26-48/h3-41H,1-2H3. The average molecular weight is 804 g/mol. The summed E-state index contributed by atoms with van der Waals surface area (Å²) in [5.74, 6) is 0. The first-order valence-corrected chi connectivity index (χ1v) is 22.1. The SMILES string of the molecule is CC1(C)c2cc(-c3ccc4ccccc4c3)ccc2-c2ccc(N(c3ccccc3-c3ccccc3)c3cccc4c3-c3ccccc3C4(c3ccccc3)c3ccccc3)cc21. The maximum atomic E-state index is 2.55. The van der Waals surface area contributed by atoms with Gasteiger partial charge in [-0.15, -0.1) is 0 Å². The molecule has 10 aromatic rings. The summed E-state index contributed by atoms with van der Waals surface area (Å²) in [4.78, 5) is 2.55. The van der Waals surface area contributed by atoms with Crippen molar-refractivity contribution < 1.29 is 0 Å². The highest BCUT2D eigenvalue weighted by molar-refractivity contribution is 6.00. The molecule has 0 N–H and O–H groups in total. The van der Waals surface area contributed by atoms with Gasteiger partial charge >= 0.3 is 0 Å². The molecular formula is C62H45N. The van der Waals surface area contributed by atoms with Gasteiger partial charge in [0.2, 0.25) is 0 Å². The summed E-state index contributed by atoms with van der Waals surface area (Å²) in [5, 5.41) is 2.53. The topological polar surface area (TPSA) is 3.24 Å². The molecule has 0 unspecified atom stereocenters. The fraction of sp³-hybridized carbons (Fsp3) is 0.0645. The summed E-state index contributed by atoms with van der Waals surface area (Å²) in [6, 6.07) is 87.8. The minimum absolute atomic E-state index is 0.237. The Balaban J connectivity index is 1.09. The van der Waals surface area contributed by atoms with Crippen LogP contribution < -0.4 is 4.90 Å². The Morgan fingerprint density at radius 2 is 0.857 bits per heavy atom. The molecule has 1 nitrogen and oxygen atoms in total. The summed E-state index contributed by atoms with van der Waals surface area (Å²) in [6.45, 7) is 4.80. The van der Waals surface area contributed by atoms with E-state index in [4.69, 9.17) is 0 Å². The average Bonchev–Trinajstić information content (AvgIpc) is 3.78. The molecule has 12 rings (SSSR count). The summed E-state index contributed by atoms with van der Waals surface area (Å²) in [5.41, 5.74) is 20.5. The molecule has 0 fully saturated rings. The number of hydrogen-bond acceptors (Lipinski definition) is 1. The summed E-state index contributed by atoms with van der Waals surface area (Å²) < 4.78 is 0. The van der Waals surface area contributed by atoms with Crippen LogP contribution in [0.25, 0.3) is 55.3 Å². The highest BCUT2D eigenvalue weighted by atomic mass is 15.1. The van der Waals surface area contributed by atoms with Gasteiger partial charge in [0.05, 0.1) is 16.8 Å². The van der Waals surface area contributed by atoms with Crippen molar-refractivity contribution in [3.05, 3.63) is 270 Å². The second-order valence-corrected chi connectivity index (χ2v) is 17.6. The zero-order valence-electron chi connectivity index (χ0n) is 35.5. The number of benzene rings is 10. The molecule has 0 saturated heterocycles. The maximum Gasteiger partial charge on any atom is 0.0714 e. The van der Waals surface area contributed by atoms with Crippen LogP contribution in [0.3, 0.4) is 0 Å². The van der Waals surface area contributed by atoms with E-state index in [2.05, 4.69) is 255 Å². The predicted molar refractivity (Wildman–Crippen MR) is 264 cm³/mol. The number of para-hydroxylation sites is 1. The van der Waals surface area contributed by atoms with Gasteiger partial charge in [0.15, 0.2) is 0 Å². The van der Waals surface area contributed by atoms with E-state index in [-0.39, 0.29) is 5.41 Å². The van der Waals surface area contributed by atoms with Crippen LogP contribution in [0.4, 0.5) is 17.1 Å². The first-order valence-electron chi connectivity index (χ1n) is 22.1. The zero-order valence-corrected chi connectivity index (χ0v) is 35.5. The molecule has 2 aliphatic carbocycles. The van der Waals surface area contributed by atoms with Gasteiger partial charge in [-0.3, -0.25) is 0 Å². The van der Waals surface area contributed by atoms with E-state index in [9.17, 15) is 0 Å². The predicted octanol–water partition coefficient (Wildman–Crippen LogP) is 16.3. The fourth-order valence-electron chi connectivity index (χ4n) is 11.0. The summed E-state index contributed by atoms with van der Waals surface area (Å²) in [7, 11) is 0. The van der Waals surface area contributed by atoms with Crippen LogP contribution in [-0.4, -0.2) is 0 Å². The quantitative estimate of drug-likeness (QED) is 0.155. The Kier molecular flexibility index (Phi) is 8.49. The van der Waals surface area contributed by atoms with Gasteiger partial charge in [-0.2, -0.15) is 0 Å². The van der Waals surface area contributed by atoms with Crippen LogP contribution in [-0.2, 0) is 10.8 Å². The summed E-state index contributed by atoms with van der Waals surface area (Å²) >= 11 is 0. The van der Waals surface area contributed by atoms with E-state index in [0.717, 1.165) is 17.1 Å². The van der Waals surface area contributed by atoms with Gasteiger partial charge in [-0.1, -0.05) is 214 Å². The van der Waals surface area contributed by atoms with Gasteiger partial charge in [-0.05, 0) is 114 Å². The fourth-order valence-corrected chi connectivity index (χ4v) is 11.0. The molecule has 0 radical (unpaired) electrons. The van der Waals surface area contributed by atoms with Gasteiger partial charge in [0, 0.05) is 22.2 Å². The highest BCUT2D eigenvalue weighted by Crippen LogP contribution is 2.60. The van der Waals surface area contributed by atoms with Crippen LogP contribution in [0, 0.1) is 0 Å². The Morgan fingerprint density at radius 1 is 0.317 bits per heavy atom. The molecule has 10 aromatic carbocycles. The van der Waals surface area contributed by atoms with Crippen LogP contribution >= 0.6 is 0 Å². The Morgan fingerprint density at radius 3 is 1.60 bits per heavy atom. The molecule has 0 heterocycles. The van der Waals surface area contributed by atoms with E-state index >= 15 is 0 Å². The minimum Gasteiger partial charge on any atom is -0.309 e. The van der Waals surface area contributed by atoms with Crippen LogP contribution in [0.15, 0.2) is 237 Å². The van der Waals surface area contributed by atoms with Crippen molar-refractivity contribution in [2.24, 2.45) is 0 Å². The van der Waals surface area contributed by atoms with E-state index in [0.29, 0.717) is 0 Å². The monoisotopic (exact) mass is 803 g/mol. The van der Waals surface area contributed by atoms with Crippen LogP contribution in [0.2, 0.25) is 0 Å². The molecule has 63 heavy (non-hydrogen) atoms. The number of rotatable bonds is 7. The van der Waals surface area contributed by atoms with Crippen molar-refractivity contribution in [3.63, 3.8) is 0 Å². The molecule has 0 bridgehead atoms. The Labute approximate surface area is 370 Å². The highest BCUT2D eigenvalue weighted by Gasteiger charge is 2.47. The molecule has 1 heteroatoms.